The molecule has 7 heteroatoms. The number of nitrogens with one attached hydrogen (secondary N) is 1. The molecule has 0 aliphatic carbocycles. The maximum Gasteiger partial charge on any atom is 0.263 e. The molecule has 6 nitrogen and oxygen atoms in total. The second-order valence-corrected chi connectivity index (χ2v) is 7.75. The number of aromatic nitrogens is 3. The first kappa shape index (κ1) is 19.2. The summed E-state index contributed by atoms with van der Waals surface area (Å²) >= 11 is 6.01. The highest BCUT2D eigenvalue weighted by atomic mass is 35.5. The van der Waals surface area contributed by atoms with Gasteiger partial charge in [-0.15, -0.1) is 0 Å². The number of hydrogen-bond donors (Lipinski definition) is 1. The van der Waals surface area contributed by atoms with Crippen LogP contribution in [0.3, 0.4) is 0 Å². The zero-order valence-electron chi connectivity index (χ0n) is 16.2. The molecule has 1 atom stereocenters. The summed E-state index contributed by atoms with van der Waals surface area (Å²) in [6.45, 7) is 5.49. The Hall–Kier alpha value is -2.18. The summed E-state index contributed by atoms with van der Waals surface area (Å²) in [6.07, 6.45) is 7.85. The molecular weight excluding hydrogens is 374 g/mol. The van der Waals surface area contributed by atoms with Crippen molar-refractivity contribution in [2.75, 3.05) is 25.0 Å². The first-order valence-corrected chi connectivity index (χ1v) is 10.5. The van der Waals surface area contributed by atoms with E-state index in [-0.39, 0.29) is 0 Å². The molecule has 4 rings (SSSR count). The lowest BCUT2D eigenvalue weighted by atomic mass is 10.00. The summed E-state index contributed by atoms with van der Waals surface area (Å²) in [5, 5.41) is 9.18. The van der Waals surface area contributed by atoms with E-state index in [1.807, 2.05) is 24.3 Å². The minimum Gasteiger partial charge on any atom is -0.369 e. The van der Waals surface area contributed by atoms with Crippen molar-refractivity contribution in [1.82, 2.24) is 20.0 Å². The fourth-order valence-electron chi connectivity index (χ4n) is 4.03. The van der Waals surface area contributed by atoms with Gasteiger partial charge in [-0.25, -0.2) is 4.98 Å². The number of piperidine rings is 1. The van der Waals surface area contributed by atoms with Crippen LogP contribution in [0.1, 0.15) is 39.0 Å². The third-order valence-electron chi connectivity index (χ3n) is 5.53. The lowest BCUT2D eigenvalue weighted by Gasteiger charge is -2.35. The van der Waals surface area contributed by atoms with Crippen LogP contribution in [0.25, 0.3) is 22.4 Å². The summed E-state index contributed by atoms with van der Waals surface area (Å²) in [6, 6.07) is 8.29. The number of hydrogen-bond acceptors (Lipinski definition) is 6. The Balaban J connectivity index is 1.45. The summed E-state index contributed by atoms with van der Waals surface area (Å²) < 4.78 is 5.42. The molecule has 3 aromatic rings. The monoisotopic (exact) mass is 399 g/mol. The van der Waals surface area contributed by atoms with E-state index >= 15 is 0 Å². The SMILES string of the molecule is CC[C@H]1CCCCN1CCCNc1ncnc2onc(-c3ccc(Cl)cc3)c12. The minimum absolute atomic E-state index is 0.490. The average molecular weight is 400 g/mol. The highest BCUT2D eigenvalue weighted by Crippen LogP contribution is 2.31. The van der Waals surface area contributed by atoms with Crippen LogP contribution in [0.2, 0.25) is 5.02 Å². The van der Waals surface area contributed by atoms with Crippen molar-refractivity contribution >= 4 is 28.5 Å². The van der Waals surface area contributed by atoms with Crippen LogP contribution in [0.15, 0.2) is 35.1 Å². The fraction of sp³-hybridized carbons (Fsp3) is 0.476. The molecule has 1 aliphatic rings. The summed E-state index contributed by atoms with van der Waals surface area (Å²) in [4.78, 5) is 11.3. The van der Waals surface area contributed by atoms with Crippen molar-refractivity contribution in [1.29, 1.82) is 0 Å². The third kappa shape index (κ3) is 4.13. The van der Waals surface area contributed by atoms with Gasteiger partial charge in [-0.3, -0.25) is 0 Å². The normalized spacial score (nSPS) is 17.9. The second kappa shape index (κ2) is 8.88. The van der Waals surface area contributed by atoms with Gasteiger partial charge in [0.1, 0.15) is 23.2 Å². The molecule has 1 aromatic carbocycles. The molecule has 28 heavy (non-hydrogen) atoms. The van der Waals surface area contributed by atoms with Gasteiger partial charge >= 0.3 is 0 Å². The Morgan fingerprint density at radius 2 is 2.07 bits per heavy atom. The molecule has 0 bridgehead atoms. The van der Waals surface area contributed by atoms with Gasteiger partial charge in [0.2, 0.25) is 0 Å². The van der Waals surface area contributed by atoms with E-state index in [1.165, 1.54) is 38.6 Å². The highest BCUT2D eigenvalue weighted by molar-refractivity contribution is 6.30. The summed E-state index contributed by atoms with van der Waals surface area (Å²) in [5.41, 5.74) is 2.15. The lowest BCUT2D eigenvalue weighted by molar-refractivity contribution is 0.144. The fourth-order valence-corrected chi connectivity index (χ4v) is 4.16. The van der Waals surface area contributed by atoms with Gasteiger partial charge in [-0.1, -0.05) is 42.2 Å². The van der Waals surface area contributed by atoms with Crippen LogP contribution in [0.4, 0.5) is 5.82 Å². The summed E-state index contributed by atoms with van der Waals surface area (Å²) in [7, 11) is 0. The first-order chi connectivity index (χ1) is 13.8. The van der Waals surface area contributed by atoms with Gasteiger partial charge in [0.25, 0.3) is 5.71 Å². The van der Waals surface area contributed by atoms with Crippen molar-refractivity contribution in [3.63, 3.8) is 0 Å². The van der Waals surface area contributed by atoms with Gasteiger partial charge < -0.3 is 14.7 Å². The molecule has 1 aliphatic heterocycles. The van der Waals surface area contributed by atoms with Crippen LogP contribution in [-0.4, -0.2) is 45.7 Å². The van der Waals surface area contributed by atoms with Crippen molar-refractivity contribution in [3.8, 4) is 11.3 Å². The molecule has 3 heterocycles. The van der Waals surface area contributed by atoms with Gasteiger partial charge in [0.15, 0.2) is 0 Å². The molecule has 1 fully saturated rings. The van der Waals surface area contributed by atoms with Crippen LogP contribution >= 0.6 is 11.6 Å². The van der Waals surface area contributed by atoms with Crippen molar-refractivity contribution in [3.05, 3.63) is 35.6 Å². The average Bonchev–Trinajstić information content (AvgIpc) is 3.17. The second-order valence-electron chi connectivity index (χ2n) is 7.31. The van der Waals surface area contributed by atoms with E-state index < -0.39 is 0 Å². The summed E-state index contributed by atoms with van der Waals surface area (Å²) in [5.74, 6) is 0.766. The molecule has 148 valence electrons. The predicted molar refractivity (Wildman–Crippen MR) is 113 cm³/mol. The van der Waals surface area contributed by atoms with E-state index in [2.05, 4.69) is 32.3 Å². The van der Waals surface area contributed by atoms with Crippen LogP contribution in [0.5, 0.6) is 0 Å². The molecule has 0 spiro atoms. The first-order valence-electron chi connectivity index (χ1n) is 10.1. The van der Waals surface area contributed by atoms with Gasteiger partial charge in [-0.05, 0) is 44.4 Å². The number of fused-ring (bicyclic) bond motifs is 1. The highest BCUT2D eigenvalue weighted by Gasteiger charge is 2.20. The topological polar surface area (TPSA) is 67.1 Å². The number of halogens is 1. The van der Waals surface area contributed by atoms with Gasteiger partial charge in [0, 0.05) is 29.7 Å². The van der Waals surface area contributed by atoms with Crippen LogP contribution in [0, 0.1) is 0 Å². The maximum atomic E-state index is 6.01. The van der Waals surface area contributed by atoms with Gasteiger partial charge in [-0.2, -0.15) is 4.98 Å². The molecule has 1 N–H and O–H groups in total. The molecule has 0 amide bonds. The van der Waals surface area contributed by atoms with E-state index in [9.17, 15) is 0 Å². The lowest BCUT2D eigenvalue weighted by Crippen LogP contribution is -2.40. The van der Waals surface area contributed by atoms with Crippen molar-refractivity contribution in [2.24, 2.45) is 0 Å². The molecule has 1 saturated heterocycles. The molecule has 0 radical (unpaired) electrons. The Morgan fingerprint density at radius 3 is 2.89 bits per heavy atom. The van der Waals surface area contributed by atoms with E-state index in [0.29, 0.717) is 10.7 Å². The maximum absolute atomic E-state index is 6.01. The number of anilines is 1. The zero-order chi connectivity index (χ0) is 19.3. The minimum atomic E-state index is 0.490. The molecule has 0 saturated carbocycles. The smallest absolute Gasteiger partial charge is 0.263 e. The van der Waals surface area contributed by atoms with Crippen molar-refractivity contribution < 1.29 is 4.52 Å². The van der Waals surface area contributed by atoms with Crippen molar-refractivity contribution in [2.45, 2.75) is 45.1 Å². The third-order valence-corrected chi connectivity index (χ3v) is 5.78. The Morgan fingerprint density at radius 1 is 1.21 bits per heavy atom. The largest absolute Gasteiger partial charge is 0.369 e. The Bertz CT molecular complexity index is 911. The zero-order valence-corrected chi connectivity index (χ0v) is 17.0. The van der Waals surface area contributed by atoms with Crippen LogP contribution < -0.4 is 5.32 Å². The number of likely N-dealkylation sites (tertiary alicyclic amines) is 1. The molecular formula is C21H26ClN5O. The van der Waals surface area contributed by atoms with Crippen LogP contribution in [-0.2, 0) is 0 Å². The van der Waals surface area contributed by atoms with E-state index in [0.717, 1.165) is 48.0 Å². The number of benzene rings is 1. The Kier molecular flexibility index (Phi) is 6.07. The Labute approximate surface area is 170 Å². The quantitative estimate of drug-likeness (QED) is 0.563. The molecule has 0 unspecified atom stereocenters. The predicted octanol–water partition coefficient (Wildman–Crippen LogP) is 5.00. The van der Waals surface area contributed by atoms with E-state index in [4.69, 9.17) is 16.1 Å². The number of nitrogens with zero attached hydrogens (tertiary/aromatic N) is 4. The number of rotatable bonds is 7. The van der Waals surface area contributed by atoms with Gasteiger partial charge in [0.05, 0.1) is 0 Å². The van der Waals surface area contributed by atoms with E-state index in [1.54, 1.807) is 0 Å². The molecule has 2 aromatic heterocycles. The standard InChI is InChI=1S/C21H26ClN5O/c1-2-17-6-3-4-12-27(17)13-5-11-23-20-18-19(15-7-9-16(22)10-8-15)26-28-21(18)25-14-24-20/h7-10,14,17H,2-6,11-13H2,1H3,(H,23,24,25)/t17-/m0/s1.